The van der Waals surface area contributed by atoms with E-state index in [9.17, 15) is 9.90 Å². The number of rotatable bonds is 4. The van der Waals surface area contributed by atoms with E-state index in [2.05, 4.69) is 15.7 Å². The molecule has 24 heavy (non-hydrogen) atoms. The first-order valence-electron chi connectivity index (χ1n) is 8.04. The first-order chi connectivity index (χ1) is 11.5. The molecule has 1 heterocycles. The van der Waals surface area contributed by atoms with Crippen molar-refractivity contribution in [3.8, 4) is 5.69 Å². The number of aliphatic hydroxyl groups is 1. The Kier molecular flexibility index (Phi) is 4.78. The van der Waals surface area contributed by atoms with E-state index in [-0.39, 0.29) is 12.6 Å². The fourth-order valence-electron chi connectivity index (χ4n) is 3.06. The maximum Gasteiger partial charge on any atom is 0.320 e. The SMILES string of the molecule is Cc1cn(-c2ccc(Cl)cc2)nc1NC(=O)NC1(CO)CCCC1. The van der Waals surface area contributed by atoms with Gasteiger partial charge < -0.3 is 10.4 Å². The molecule has 2 amide bonds. The minimum absolute atomic E-state index is 0.0430. The summed E-state index contributed by atoms with van der Waals surface area (Å²) in [5.74, 6) is 0.494. The van der Waals surface area contributed by atoms with Crippen molar-refractivity contribution in [3.05, 3.63) is 41.0 Å². The molecule has 1 aliphatic carbocycles. The Morgan fingerprint density at radius 3 is 2.62 bits per heavy atom. The lowest BCUT2D eigenvalue weighted by atomic mass is 9.99. The molecule has 0 bridgehead atoms. The number of carbonyl (C=O) groups excluding carboxylic acids is 1. The molecule has 0 unspecified atom stereocenters. The number of aryl methyl sites for hydroxylation is 1. The number of hydrogen-bond donors (Lipinski definition) is 3. The van der Waals surface area contributed by atoms with E-state index in [0.717, 1.165) is 36.9 Å². The van der Waals surface area contributed by atoms with E-state index >= 15 is 0 Å². The van der Waals surface area contributed by atoms with Gasteiger partial charge in [-0.1, -0.05) is 24.4 Å². The maximum atomic E-state index is 12.3. The monoisotopic (exact) mass is 348 g/mol. The summed E-state index contributed by atoms with van der Waals surface area (Å²) < 4.78 is 1.69. The zero-order valence-corrected chi connectivity index (χ0v) is 14.3. The van der Waals surface area contributed by atoms with E-state index in [1.165, 1.54) is 0 Å². The number of nitrogens with one attached hydrogen (secondary N) is 2. The van der Waals surface area contributed by atoms with Crippen LogP contribution in [-0.2, 0) is 0 Å². The molecule has 0 radical (unpaired) electrons. The van der Waals surface area contributed by atoms with Crippen molar-refractivity contribution in [2.75, 3.05) is 11.9 Å². The topological polar surface area (TPSA) is 79.2 Å². The number of carbonyl (C=O) groups is 1. The van der Waals surface area contributed by atoms with E-state index in [1.807, 2.05) is 25.3 Å². The van der Waals surface area contributed by atoms with Crippen molar-refractivity contribution >= 4 is 23.4 Å². The van der Waals surface area contributed by atoms with Crippen molar-refractivity contribution in [1.29, 1.82) is 0 Å². The van der Waals surface area contributed by atoms with Crippen LogP contribution in [0.3, 0.4) is 0 Å². The van der Waals surface area contributed by atoms with Gasteiger partial charge >= 0.3 is 6.03 Å². The third-order valence-electron chi connectivity index (χ3n) is 4.46. The highest BCUT2D eigenvalue weighted by Crippen LogP contribution is 2.29. The van der Waals surface area contributed by atoms with Crippen LogP contribution in [0, 0.1) is 6.92 Å². The fraction of sp³-hybridized carbons (Fsp3) is 0.412. The third kappa shape index (κ3) is 3.55. The van der Waals surface area contributed by atoms with Gasteiger partial charge in [-0.2, -0.15) is 0 Å². The van der Waals surface area contributed by atoms with Gasteiger partial charge in [0.2, 0.25) is 0 Å². The normalized spacial score (nSPS) is 16.1. The molecule has 3 N–H and O–H groups in total. The van der Waals surface area contributed by atoms with Crippen molar-refractivity contribution in [1.82, 2.24) is 15.1 Å². The molecule has 0 atom stereocenters. The van der Waals surface area contributed by atoms with Gasteiger partial charge in [0.1, 0.15) is 0 Å². The molecule has 1 saturated carbocycles. The molecule has 1 aliphatic rings. The van der Waals surface area contributed by atoms with Crippen LogP contribution in [0.4, 0.5) is 10.6 Å². The molecule has 1 fully saturated rings. The molecule has 0 saturated heterocycles. The van der Waals surface area contributed by atoms with Gasteiger partial charge in [-0.3, -0.25) is 5.32 Å². The Balaban J connectivity index is 1.71. The average molecular weight is 349 g/mol. The highest BCUT2D eigenvalue weighted by atomic mass is 35.5. The Morgan fingerprint density at radius 1 is 1.33 bits per heavy atom. The zero-order valence-electron chi connectivity index (χ0n) is 13.6. The lowest BCUT2D eigenvalue weighted by molar-refractivity contribution is 0.167. The van der Waals surface area contributed by atoms with Gasteiger partial charge in [0.05, 0.1) is 17.8 Å². The van der Waals surface area contributed by atoms with Gasteiger partial charge in [0.25, 0.3) is 0 Å². The largest absolute Gasteiger partial charge is 0.394 e. The first-order valence-corrected chi connectivity index (χ1v) is 8.41. The average Bonchev–Trinajstić information content (AvgIpc) is 3.16. The Morgan fingerprint density at radius 2 is 2.00 bits per heavy atom. The number of aliphatic hydroxyl groups excluding tert-OH is 1. The highest BCUT2D eigenvalue weighted by Gasteiger charge is 2.34. The Labute approximate surface area is 145 Å². The number of aromatic nitrogens is 2. The Hall–Kier alpha value is -2.05. The maximum absolute atomic E-state index is 12.3. The van der Waals surface area contributed by atoms with Crippen LogP contribution in [0.2, 0.25) is 5.02 Å². The van der Waals surface area contributed by atoms with E-state index < -0.39 is 5.54 Å². The van der Waals surface area contributed by atoms with Crippen molar-refractivity contribution in [3.63, 3.8) is 0 Å². The summed E-state index contributed by atoms with van der Waals surface area (Å²) in [6, 6.07) is 6.96. The van der Waals surface area contributed by atoms with Crippen LogP contribution in [0.15, 0.2) is 30.5 Å². The molecule has 1 aromatic carbocycles. The summed E-state index contributed by atoms with van der Waals surface area (Å²) in [6.07, 6.45) is 5.48. The second kappa shape index (κ2) is 6.83. The van der Waals surface area contributed by atoms with Crippen LogP contribution in [0.1, 0.15) is 31.2 Å². The smallest absolute Gasteiger partial charge is 0.320 e. The van der Waals surface area contributed by atoms with E-state index in [4.69, 9.17) is 11.6 Å². The number of anilines is 1. The van der Waals surface area contributed by atoms with E-state index in [1.54, 1.807) is 16.8 Å². The number of amides is 2. The summed E-state index contributed by atoms with van der Waals surface area (Å²) in [4.78, 5) is 12.3. The van der Waals surface area contributed by atoms with Crippen LogP contribution >= 0.6 is 11.6 Å². The van der Waals surface area contributed by atoms with E-state index in [0.29, 0.717) is 10.8 Å². The lowest BCUT2D eigenvalue weighted by Gasteiger charge is -2.27. The van der Waals surface area contributed by atoms with Gasteiger partial charge in [-0.05, 0) is 44.0 Å². The summed E-state index contributed by atoms with van der Waals surface area (Å²) in [5, 5.41) is 20.3. The highest BCUT2D eigenvalue weighted by molar-refractivity contribution is 6.30. The molecule has 128 valence electrons. The molecule has 0 aliphatic heterocycles. The quantitative estimate of drug-likeness (QED) is 0.793. The van der Waals surface area contributed by atoms with Gasteiger partial charge in [-0.15, -0.1) is 5.10 Å². The molecule has 7 heteroatoms. The molecule has 1 aromatic heterocycles. The number of halogens is 1. The van der Waals surface area contributed by atoms with Gasteiger partial charge in [-0.25, -0.2) is 9.48 Å². The van der Waals surface area contributed by atoms with Crippen LogP contribution in [0.5, 0.6) is 0 Å². The summed E-state index contributed by atoms with van der Waals surface area (Å²) in [5.41, 5.74) is 1.21. The third-order valence-corrected chi connectivity index (χ3v) is 4.71. The summed E-state index contributed by atoms with van der Waals surface area (Å²) >= 11 is 5.90. The minimum Gasteiger partial charge on any atom is -0.394 e. The number of nitrogens with zero attached hydrogens (tertiary/aromatic N) is 2. The predicted molar refractivity (Wildman–Crippen MR) is 93.8 cm³/mol. The molecule has 6 nitrogen and oxygen atoms in total. The Bertz CT molecular complexity index is 721. The van der Waals surface area contributed by atoms with Gasteiger partial charge in [0.15, 0.2) is 5.82 Å². The number of hydrogen-bond acceptors (Lipinski definition) is 3. The first kappa shape index (κ1) is 16.8. The second-order valence-electron chi connectivity index (χ2n) is 6.31. The second-order valence-corrected chi connectivity index (χ2v) is 6.74. The van der Waals surface area contributed by atoms with Crippen LogP contribution in [0.25, 0.3) is 5.69 Å². The van der Waals surface area contributed by atoms with Crippen LogP contribution in [-0.4, -0.2) is 33.1 Å². The standard InChI is InChI=1S/C17H21ClN4O2/c1-12-10-22(14-6-4-13(18)5-7-14)21-15(12)19-16(24)20-17(11-23)8-2-3-9-17/h4-7,10,23H,2-3,8-9,11H2,1H3,(H2,19,20,21,24). The zero-order chi connectivity index (χ0) is 17.2. The molecule has 2 aromatic rings. The summed E-state index contributed by atoms with van der Waals surface area (Å²) in [6.45, 7) is 1.84. The van der Waals surface area contributed by atoms with Crippen LogP contribution < -0.4 is 10.6 Å². The summed E-state index contributed by atoms with van der Waals surface area (Å²) in [7, 11) is 0. The fourth-order valence-corrected chi connectivity index (χ4v) is 3.19. The lowest BCUT2D eigenvalue weighted by Crippen LogP contribution is -2.50. The molecule has 0 spiro atoms. The molecule has 3 rings (SSSR count). The number of benzene rings is 1. The molecular formula is C17H21ClN4O2. The van der Waals surface area contributed by atoms with Gasteiger partial charge in [0, 0.05) is 16.8 Å². The van der Waals surface area contributed by atoms with Crippen molar-refractivity contribution < 1.29 is 9.90 Å². The number of urea groups is 1. The minimum atomic E-state index is -0.503. The van der Waals surface area contributed by atoms with Crippen molar-refractivity contribution in [2.24, 2.45) is 0 Å². The van der Waals surface area contributed by atoms with Crippen molar-refractivity contribution in [2.45, 2.75) is 38.1 Å². The molecular weight excluding hydrogens is 328 g/mol. The predicted octanol–water partition coefficient (Wildman–Crippen LogP) is 3.26.